The Balaban J connectivity index is 1.94. The Morgan fingerprint density at radius 2 is 2.12 bits per heavy atom. The summed E-state index contributed by atoms with van der Waals surface area (Å²) in [6.07, 6.45) is 12.7. The number of ketones is 1. The quantitative estimate of drug-likeness (QED) is 0.447. The van der Waals surface area contributed by atoms with Gasteiger partial charge in [0.15, 0.2) is 0 Å². The van der Waals surface area contributed by atoms with Gasteiger partial charge in [-0.3, -0.25) is 4.79 Å². The van der Waals surface area contributed by atoms with Crippen molar-refractivity contribution in [2.45, 2.75) is 70.3 Å². The van der Waals surface area contributed by atoms with Crippen LogP contribution in [0.1, 0.15) is 64.2 Å². The highest BCUT2D eigenvalue weighted by Crippen LogP contribution is 2.17. The Morgan fingerprint density at radius 1 is 1.24 bits per heavy atom. The number of rotatable bonds is 9. The van der Waals surface area contributed by atoms with E-state index >= 15 is 0 Å². The van der Waals surface area contributed by atoms with Gasteiger partial charge in [0.25, 0.3) is 0 Å². The number of carbonyl (C=O) groups excluding carboxylic acids is 1. The van der Waals surface area contributed by atoms with Crippen LogP contribution in [0.5, 0.6) is 0 Å². The molecule has 0 aromatic rings. The molecule has 2 heteroatoms. The second kappa shape index (κ2) is 9.41. The zero-order valence-electron chi connectivity index (χ0n) is 11.0. The van der Waals surface area contributed by atoms with Gasteiger partial charge in [-0.05, 0) is 44.9 Å². The van der Waals surface area contributed by atoms with Crippen LogP contribution >= 0.6 is 0 Å². The van der Waals surface area contributed by atoms with E-state index in [9.17, 15) is 4.79 Å². The molecule has 2 nitrogen and oxygen atoms in total. The highest BCUT2D eigenvalue weighted by molar-refractivity contribution is 5.78. The molecule has 1 aliphatic heterocycles. The molecule has 1 saturated heterocycles. The van der Waals surface area contributed by atoms with Crippen molar-refractivity contribution in [1.29, 1.82) is 0 Å². The minimum Gasteiger partial charge on any atom is -0.378 e. The predicted molar refractivity (Wildman–Crippen MR) is 71.1 cm³/mol. The summed E-state index contributed by atoms with van der Waals surface area (Å²) in [6, 6.07) is 0. The third kappa shape index (κ3) is 7.32. The molecule has 0 aliphatic carbocycles. The summed E-state index contributed by atoms with van der Waals surface area (Å²) in [4.78, 5) is 11.6. The molecule has 98 valence electrons. The largest absolute Gasteiger partial charge is 0.378 e. The maximum Gasteiger partial charge on any atom is 0.133 e. The highest BCUT2D eigenvalue weighted by atomic mass is 16.5. The molecule has 0 N–H and O–H groups in total. The second-order valence-electron chi connectivity index (χ2n) is 4.95. The van der Waals surface area contributed by atoms with E-state index < -0.39 is 0 Å². The van der Waals surface area contributed by atoms with Crippen LogP contribution in [0.15, 0.2) is 12.7 Å². The lowest BCUT2D eigenvalue weighted by molar-refractivity contribution is -0.120. The van der Waals surface area contributed by atoms with E-state index in [2.05, 4.69) is 6.58 Å². The summed E-state index contributed by atoms with van der Waals surface area (Å²) in [6.45, 7) is 4.58. The Kier molecular flexibility index (Phi) is 7.98. The number of unbranched alkanes of at least 4 members (excludes halogenated alkanes) is 3. The fourth-order valence-corrected chi connectivity index (χ4v) is 2.27. The van der Waals surface area contributed by atoms with Gasteiger partial charge >= 0.3 is 0 Å². The first-order valence-corrected chi connectivity index (χ1v) is 7.07. The highest BCUT2D eigenvalue weighted by Gasteiger charge is 2.14. The third-order valence-corrected chi connectivity index (χ3v) is 3.38. The van der Waals surface area contributed by atoms with Crippen molar-refractivity contribution in [3.05, 3.63) is 12.7 Å². The molecule has 0 amide bonds. The van der Waals surface area contributed by atoms with Crippen LogP contribution in [0.4, 0.5) is 0 Å². The lowest BCUT2D eigenvalue weighted by atomic mass is 10.0. The first-order valence-electron chi connectivity index (χ1n) is 7.07. The van der Waals surface area contributed by atoms with Crippen molar-refractivity contribution in [3.8, 4) is 0 Å². The normalized spacial score (nSPS) is 20.1. The molecule has 0 spiro atoms. The summed E-state index contributed by atoms with van der Waals surface area (Å²) in [5.74, 6) is 0.415. The molecule has 1 fully saturated rings. The van der Waals surface area contributed by atoms with Crippen LogP contribution < -0.4 is 0 Å². The summed E-state index contributed by atoms with van der Waals surface area (Å²) in [7, 11) is 0. The van der Waals surface area contributed by atoms with E-state index in [0.717, 1.165) is 45.1 Å². The minimum absolute atomic E-state index is 0.355. The molecule has 1 heterocycles. The summed E-state index contributed by atoms with van der Waals surface area (Å²) in [5, 5.41) is 0. The van der Waals surface area contributed by atoms with Crippen molar-refractivity contribution in [2.24, 2.45) is 0 Å². The van der Waals surface area contributed by atoms with Crippen LogP contribution in [-0.2, 0) is 9.53 Å². The fourth-order valence-electron chi connectivity index (χ4n) is 2.27. The standard InChI is InChI=1S/C15H26O2/c1-2-3-4-5-6-9-14(16)11-12-15-10-7-8-13-17-15/h2,15H,1,3-13H2. The first kappa shape index (κ1) is 14.4. The van der Waals surface area contributed by atoms with E-state index in [1.54, 1.807) is 0 Å². The molecule has 1 unspecified atom stereocenters. The van der Waals surface area contributed by atoms with Crippen molar-refractivity contribution in [1.82, 2.24) is 0 Å². The molecule has 0 aromatic carbocycles. The molecule has 0 radical (unpaired) electrons. The van der Waals surface area contributed by atoms with E-state index in [-0.39, 0.29) is 0 Å². The number of carbonyl (C=O) groups is 1. The Hall–Kier alpha value is -0.630. The van der Waals surface area contributed by atoms with Crippen molar-refractivity contribution < 1.29 is 9.53 Å². The van der Waals surface area contributed by atoms with Crippen molar-refractivity contribution >= 4 is 5.78 Å². The van der Waals surface area contributed by atoms with Gasteiger partial charge in [-0.25, -0.2) is 0 Å². The van der Waals surface area contributed by atoms with Gasteiger partial charge in [0.05, 0.1) is 6.10 Å². The summed E-state index contributed by atoms with van der Waals surface area (Å²) in [5.41, 5.74) is 0. The number of ether oxygens (including phenoxy) is 1. The summed E-state index contributed by atoms with van der Waals surface area (Å²) >= 11 is 0. The first-order chi connectivity index (χ1) is 8.33. The SMILES string of the molecule is C=CCCCCCC(=O)CCC1CCCCO1. The summed E-state index contributed by atoms with van der Waals surface area (Å²) < 4.78 is 5.62. The second-order valence-corrected chi connectivity index (χ2v) is 4.95. The number of Topliss-reactive ketones (excluding diaryl/α,β-unsaturated/α-hetero) is 1. The lowest BCUT2D eigenvalue weighted by Gasteiger charge is -2.22. The van der Waals surface area contributed by atoms with Crippen LogP contribution in [-0.4, -0.2) is 18.5 Å². The van der Waals surface area contributed by atoms with E-state index in [0.29, 0.717) is 18.3 Å². The van der Waals surface area contributed by atoms with Crippen molar-refractivity contribution in [3.63, 3.8) is 0 Å². The van der Waals surface area contributed by atoms with Crippen LogP contribution in [0, 0.1) is 0 Å². The zero-order valence-corrected chi connectivity index (χ0v) is 11.0. The van der Waals surface area contributed by atoms with Gasteiger partial charge in [-0.15, -0.1) is 6.58 Å². The topological polar surface area (TPSA) is 26.3 Å². The minimum atomic E-state index is 0.355. The van der Waals surface area contributed by atoms with Crippen LogP contribution in [0.3, 0.4) is 0 Å². The lowest BCUT2D eigenvalue weighted by Crippen LogP contribution is -2.19. The van der Waals surface area contributed by atoms with Gasteiger partial charge in [-0.2, -0.15) is 0 Å². The van der Waals surface area contributed by atoms with E-state index in [1.165, 1.54) is 19.3 Å². The average Bonchev–Trinajstić information content (AvgIpc) is 2.37. The van der Waals surface area contributed by atoms with Gasteiger partial charge < -0.3 is 4.74 Å². The van der Waals surface area contributed by atoms with Gasteiger partial charge in [0, 0.05) is 19.4 Å². The Labute approximate surface area is 105 Å². The number of hydrogen-bond acceptors (Lipinski definition) is 2. The fraction of sp³-hybridized carbons (Fsp3) is 0.800. The zero-order chi connectivity index (χ0) is 12.3. The molecular formula is C15H26O2. The molecule has 0 bridgehead atoms. The molecule has 1 rings (SSSR count). The molecule has 1 atom stereocenters. The molecule has 0 saturated carbocycles. The average molecular weight is 238 g/mol. The molecular weight excluding hydrogens is 212 g/mol. The predicted octanol–water partition coefficient (Wildman–Crippen LogP) is 4.04. The smallest absolute Gasteiger partial charge is 0.133 e. The van der Waals surface area contributed by atoms with E-state index in [4.69, 9.17) is 4.74 Å². The van der Waals surface area contributed by atoms with Gasteiger partial charge in [0.1, 0.15) is 5.78 Å². The van der Waals surface area contributed by atoms with Gasteiger partial charge in [-0.1, -0.05) is 12.5 Å². The van der Waals surface area contributed by atoms with Crippen LogP contribution in [0.25, 0.3) is 0 Å². The Morgan fingerprint density at radius 3 is 2.82 bits per heavy atom. The van der Waals surface area contributed by atoms with Crippen molar-refractivity contribution in [2.75, 3.05) is 6.61 Å². The maximum absolute atomic E-state index is 11.6. The number of hydrogen-bond donors (Lipinski definition) is 0. The number of allylic oxidation sites excluding steroid dienone is 1. The van der Waals surface area contributed by atoms with Gasteiger partial charge in [0.2, 0.25) is 0 Å². The maximum atomic E-state index is 11.6. The molecule has 0 aromatic heterocycles. The van der Waals surface area contributed by atoms with E-state index in [1.807, 2.05) is 6.08 Å². The third-order valence-electron chi connectivity index (χ3n) is 3.38. The van der Waals surface area contributed by atoms with Crippen LogP contribution in [0.2, 0.25) is 0 Å². The monoisotopic (exact) mass is 238 g/mol. The Bertz CT molecular complexity index is 217. The molecule has 17 heavy (non-hydrogen) atoms. The molecule has 1 aliphatic rings.